The second-order valence-corrected chi connectivity index (χ2v) is 5.73. The van der Waals surface area contributed by atoms with E-state index in [-0.39, 0.29) is 0 Å². The summed E-state index contributed by atoms with van der Waals surface area (Å²) in [5, 5.41) is 0.368. The Kier molecular flexibility index (Phi) is 3.75. The van der Waals surface area contributed by atoms with E-state index >= 15 is 0 Å². The Labute approximate surface area is 151 Å². The highest BCUT2D eigenvalue weighted by Gasteiger charge is 2.26. The van der Waals surface area contributed by atoms with Crippen molar-refractivity contribution in [1.29, 1.82) is 0 Å². The number of carbonyl (C=O) groups excluding carboxylic acids is 1. The smallest absolute Gasteiger partial charge is 0.275 e. The third kappa shape index (κ3) is 2.86. The molecule has 0 aliphatic heterocycles. The molecule has 0 saturated carbocycles. The van der Waals surface area contributed by atoms with E-state index in [0.717, 1.165) is 4.68 Å². The zero-order valence-corrected chi connectivity index (χ0v) is 14.3. The van der Waals surface area contributed by atoms with Crippen molar-refractivity contribution in [2.24, 2.45) is 0 Å². The van der Waals surface area contributed by atoms with Crippen LogP contribution in [0, 0.1) is 0 Å². The Hall–Kier alpha value is -2.82. The third-order valence-corrected chi connectivity index (χ3v) is 4.34. The second kappa shape index (κ2) is 6.97. The van der Waals surface area contributed by atoms with Crippen LogP contribution in [0.25, 0.3) is 16.6 Å². The summed E-state index contributed by atoms with van der Waals surface area (Å²) in [6, 6.07) is 14.3. The molecule has 0 saturated heterocycles. The molecule has 5 nitrogen and oxygen atoms in total. The molecule has 130 valence electrons. The fourth-order valence-corrected chi connectivity index (χ4v) is 3.05. The number of benzene rings is 2. The van der Waals surface area contributed by atoms with Crippen LogP contribution >= 0.6 is 0 Å². The molecule has 0 aliphatic carbocycles. The van der Waals surface area contributed by atoms with Crippen molar-refractivity contribution >= 4 is 16.8 Å². The number of nitrogens with zero attached hydrogens (tertiary/aromatic N) is 3. The summed E-state index contributed by atoms with van der Waals surface area (Å²) in [5.41, 5.74) is 0.670. The van der Waals surface area contributed by atoms with Gasteiger partial charge in [0, 0.05) is 17.2 Å². The lowest BCUT2D eigenvalue weighted by Gasteiger charge is -2.25. The van der Waals surface area contributed by atoms with Crippen molar-refractivity contribution < 1.29 is 8.91 Å². The fraction of sp³-hybridized carbons (Fsp3) is 0.300. The topological polar surface area (TPSA) is 47.2 Å². The first-order chi connectivity index (χ1) is 13.3. The van der Waals surface area contributed by atoms with Gasteiger partial charge < -0.3 is 4.90 Å². The van der Waals surface area contributed by atoms with Crippen LogP contribution in [-0.2, 0) is 4.79 Å². The molecule has 2 aromatic carbocycles. The molecule has 0 bridgehead atoms. The van der Waals surface area contributed by atoms with E-state index < -0.39 is 24.4 Å². The summed E-state index contributed by atoms with van der Waals surface area (Å²) in [7, 11) is 0. The SMILES string of the molecule is [2H]C([2H])([2H])C(C(=O)N(CC)CC)n1c(=O)c2ccccc2n1-c1ccccc1. The van der Waals surface area contributed by atoms with Crippen molar-refractivity contribution in [3.63, 3.8) is 0 Å². The third-order valence-electron chi connectivity index (χ3n) is 4.34. The van der Waals surface area contributed by atoms with Crippen LogP contribution in [0.5, 0.6) is 0 Å². The minimum absolute atomic E-state index is 0.363. The van der Waals surface area contributed by atoms with Gasteiger partial charge in [-0.1, -0.05) is 30.3 Å². The molecule has 1 amide bonds. The van der Waals surface area contributed by atoms with E-state index in [9.17, 15) is 9.59 Å². The Bertz CT molecular complexity index is 1030. The number of amides is 1. The lowest BCUT2D eigenvalue weighted by molar-refractivity contribution is -0.134. The maximum atomic E-state index is 13.2. The van der Waals surface area contributed by atoms with Gasteiger partial charge in [0.1, 0.15) is 6.04 Å². The molecule has 0 N–H and O–H groups in total. The molecule has 25 heavy (non-hydrogen) atoms. The Morgan fingerprint density at radius 1 is 1.08 bits per heavy atom. The molecule has 3 rings (SSSR count). The van der Waals surface area contributed by atoms with Crippen molar-refractivity contribution in [2.45, 2.75) is 26.7 Å². The number of rotatable bonds is 5. The lowest BCUT2D eigenvalue weighted by Crippen LogP contribution is -2.40. The molecule has 1 aromatic heterocycles. The molecule has 5 heteroatoms. The molecule has 1 atom stereocenters. The monoisotopic (exact) mass is 340 g/mol. The number of hydrogen-bond acceptors (Lipinski definition) is 2. The van der Waals surface area contributed by atoms with E-state index in [1.54, 1.807) is 62.4 Å². The van der Waals surface area contributed by atoms with Gasteiger partial charge in [0.25, 0.3) is 5.56 Å². The summed E-state index contributed by atoms with van der Waals surface area (Å²) in [4.78, 5) is 27.8. The normalized spacial score (nSPS) is 14.6. The molecule has 0 spiro atoms. The Morgan fingerprint density at radius 3 is 2.36 bits per heavy atom. The van der Waals surface area contributed by atoms with Gasteiger partial charge in [-0.15, -0.1) is 0 Å². The maximum absolute atomic E-state index is 13.2. The molecule has 1 unspecified atom stereocenters. The maximum Gasteiger partial charge on any atom is 0.275 e. The van der Waals surface area contributed by atoms with Crippen LogP contribution in [0.1, 0.15) is 30.9 Å². The summed E-state index contributed by atoms with van der Waals surface area (Å²) < 4.78 is 26.8. The van der Waals surface area contributed by atoms with Crippen LogP contribution in [0.15, 0.2) is 59.4 Å². The van der Waals surface area contributed by atoms with Gasteiger partial charge in [0.2, 0.25) is 5.91 Å². The largest absolute Gasteiger partial charge is 0.341 e. The minimum Gasteiger partial charge on any atom is -0.341 e. The zero-order valence-electron chi connectivity index (χ0n) is 17.3. The van der Waals surface area contributed by atoms with E-state index in [1.165, 1.54) is 9.58 Å². The predicted octanol–water partition coefficient (Wildman–Crippen LogP) is 3.22. The summed E-state index contributed by atoms with van der Waals surface area (Å²) in [6.45, 7) is 1.61. The van der Waals surface area contributed by atoms with Gasteiger partial charge in [0.15, 0.2) is 0 Å². The number of carbonyl (C=O) groups is 1. The molecule has 0 radical (unpaired) electrons. The first-order valence-corrected chi connectivity index (χ1v) is 8.37. The van der Waals surface area contributed by atoms with Gasteiger partial charge in [-0.05, 0) is 45.0 Å². The standard InChI is InChI=1S/C20H23N3O2/c1-4-21(5-2)19(24)15(3)22-20(25)17-13-9-10-14-18(17)23(22)16-11-7-6-8-12-16/h6-15H,4-5H2,1-3H3/i3D3. The molecule has 3 aromatic rings. The summed E-state index contributed by atoms with van der Waals surface area (Å²) in [6.07, 6.45) is 0. The van der Waals surface area contributed by atoms with E-state index in [4.69, 9.17) is 4.11 Å². The van der Waals surface area contributed by atoms with Crippen LogP contribution in [-0.4, -0.2) is 33.3 Å². The lowest BCUT2D eigenvalue weighted by atomic mass is 10.2. The van der Waals surface area contributed by atoms with E-state index in [0.29, 0.717) is 29.7 Å². The van der Waals surface area contributed by atoms with Crippen molar-refractivity contribution in [3.8, 4) is 5.69 Å². The highest BCUT2D eigenvalue weighted by molar-refractivity contribution is 5.83. The summed E-state index contributed by atoms with van der Waals surface area (Å²) >= 11 is 0. The van der Waals surface area contributed by atoms with Crippen LogP contribution in [0.4, 0.5) is 0 Å². The predicted molar refractivity (Wildman–Crippen MR) is 100 cm³/mol. The zero-order chi connectivity index (χ0) is 20.5. The number of hydrogen-bond donors (Lipinski definition) is 0. The van der Waals surface area contributed by atoms with Crippen LogP contribution in [0.3, 0.4) is 0 Å². The van der Waals surface area contributed by atoms with Gasteiger partial charge in [-0.25, -0.2) is 9.36 Å². The number of likely N-dealkylation sites (N-methyl/N-ethyl adjacent to an activating group) is 1. The molecule has 1 heterocycles. The number of para-hydroxylation sites is 2. The van der Waals surface area contributed by atoms with Crippen LogP contribution < -0.4 is 5.56 Å². The van der Waals surface area contributed by atoms with Gasteiger partial charge in [-0.3, -0.25) is 9.59 Å². The molecular weight excluding hydrogens is 314 g/mol. The molecule has 0 fully saturated rings. The average Bonchev–Trinajstić information content (AvgIpc) is 2.95. The Morgan fingerprint density at radius 2 is 1.72 bits per heavy atom. The van der Waals surface area contributed by atoms with E-state index in [2.05, 4.69) is 0 Å². The highest BCUT2D eigenvalue weighted by Crippen LogP contribution is 2.21. The highest BCUT2D eigenvalue weighted by atomic mass is 16.2. The number of aromatic nitrogens is 2. The van der Waals surface area contributed by atoms with Gasteiger partial charge in [-0.2, -0.15) is 0 Å². The first kappa shape index (κ1) is 13.5. The number of fused-ring (bicyclic) bond motifs is 1. The van der Waals surface area contributed by atoms with Crippen molar-refractivity contribution in [2.75, 3.05) is 13.1 Å². The van der Waals surface area contributed by atoms with Gasteiger partial charge in [0.05, 0.1) is 16.6 Å². The minimum atomic E-state index is -2.69. The van der Waals surface area contributed by atoms with Gasteiger partial charge >= 0.3 is 0 Å². The van der Waals surface area contributed by atoms with Crippen LogP contribution in [0.2, 0.25) is 0 Å². The van der Waals surface area contributed by atoms with Crippen molar-refractivity contribution in [3.05, 3.63) is 65.0 Å². The Balaban J connectivity index is 2.38. The molecule has 0 aliphatic rings. The molecular formula is C20H23N3O2. The fourth-order valence-electron chi connectivity index (χ4n) is 3.05. The summed E-state index contributed by atoms with van der Waals surface area (Å²) in [5.74, 6) is -0.591. The quantitative estimate of drug-likeness (QED) is 0.716. The van der Waals surface area contributed by atoms with Crippen molar-refractivity contribution in [1.82, 2.24) is 14.3 Å². The van der Waals surface area contributed by atoms with E-state index in [1.807, 2.05) is 6.07 Å². The second-order valence-electron chi connectivity index (χ2n) is 5.73. The first-order valence-electron chi connectivity index (χ1n) is 9.87. The average molecular weight is 340 g/mol.